The fraction of sp³-hybridized carbons (Fsp3) is 0.273. The minimum Gasteiger partial charge on any atom is -0.352 e. The van der Waals surface area contributed by atoms with Gasteiger partial charge in [-0.25, -0.2) is 0 Å². The summed E-state index contributed by atoms with van der Waals surface area (Å²) in [5, 5.41) is 6.11. The van der Waals surface area contributed by atoms with Crippen LogP contribution in [0.2, 0.25) is 0 Å². The summed E-state index contributed by atoms with van der Waals surface area (Å²) in [6, 6.07) is 16.8. The van der Waals surface area contributed by atoms with E-state index in [-0.39, 0.29) is 24.0 Å². The van der Waals surface area contributed by atoms with Crippen LogP contribution in [-0.2, 0) is 9.53 Å². The van der Waals surface area contributed by atoms with Crippen molar-refractivity contribution >= 4 is 11.7 Å². The first-order chi connectivity index (χ1) is 13.1. The van der Waals surface area contributed by atoms with E-state index in [9.17, 15) is 9.59 Å². The molecule has 140 valence electrons. The Kier molecular flexibility index (Phi) is 6.16. The standard InChI is InChI=1S/C22H24N2O3/c1-15(2)21(26)23-12-7-13-24-22-20(27-22)18-11-6-10-17(14-18)19(25)16-8-4-3-5-9-16/h3-6,8-11,14,20,22,24H,1,7,12-13H2,2H3,(H,23,26). The minimum absolute atomic E-state index is 0.0101. The maximum absolute atomic E-state index is 12.6. The third-order valence-corrected chi connectivity index (χ3v) is 4.38. The monoisotopic (exact) mass is 364 g/mol. The van der Waals surface area contributed by atoms with Gasteiger partial charge in [0.15, 0.2) is 5.78 Å². The number of carbonyl (C=O) groups is 2. The lowest BCUT2D eigenvalue weighted by atomic mass is 10.0. The number of benzene rings is 2. The summed E-state index contributed by atoms with van der Waals surface area (Å²) in [5.74, 6) is -0.105. The topological polar surface area (TPSA) is 70.7 Å². The number of amides is 1. The number of nitrogens with one attached hydrogen (secondary N) is 2. The van der Waals surface area contributed by atoms with Crippen molar-refractivity contribution in [2.75, 3.05) is 13.1 Å². The molecule has 0 saturated carbocycles. The maximum atomic E-state index is 12.6. The molecular weight excluding hydrogens is 340 g/mol. The highest BCUT2D eigenvalue weighted by Gasteiger charge is 2.39. The zero-order valence-corrected chi connectivity index (χ0v) is 15.4. The van der Waals surface area contributed by atoms with Crippen molar-refractivity contribution in [3.05, 3.63) is 83.4 Å². The van der Waals surface area contributed by atoms with E-state index in [2.05, 4.69) is 17.2 Å². The van der Waals surface area contributed by atoms with Gasteiger partial charge in [0.2, 0.25) is 5.91 Å². The molecule has 27 heavy (non-hydrogen) atoms. The molecule has 0 radical (unpaired) electrons. The average Bonchev–Trinajstić information content (AvgIpc) is 3.47. The van der Waals surface area contributed by atoms with Gasteiger partial charge >= 0.3 is 0 Å². The predicted octanol–water partition coefficient (Wildman–Crippen LogP) is 2.99. The lowest BCUT2D eigenvalue weighted by molar-refractivity contribution is -0.117. The molecule has 5 nitrogen and oxygen atoms in total. The Morgan fingerprint density at radius 3 is 2.52 bits per heavy atom. The van der Waals surface area contributed by atoms with Crippen molar-refractivity contribution in [1.29, 1.82) is 0 Å². The summed E-state index contributed by atoms with van der Waals surface area (Å²) in [6.45, 7) is 6.62. The molecule has 0 aromatic heterocycles. The fourth-order valence-electron chi connectivity index (χ4n) is 2.82. The molecule has 1 amide bonds. The molecule has 1 aliphatic heterocycles. The second-order valence-corrected chi connectivity index (χ2v) is 6.64. The van der Waals surface area contributed by atoms with E-state index in [0.29, 0.717) is 23.2 Å². The Labute approximate surface area is 159 Å². The second-order valence-electron chi connectivity index (χ2n) is 6.64. The molecule has 0 aliphatic carbocycles. The molecule has 2 atom stereocenters. The van der Waals surface area contributed by atoms with Crippen molar-refractivity contribution in [2.45, 2.75) is 25.7 Å². The van der Waals surface area contributed by atoms with Crippen molar-refractivity contribution in [2.24, 2.45) is 0 Å². The summed E-state index contributed by atoms with van der Waals surface area (Å²) in [4.78, 5) is 24.0. The van der Waals surface area contributed by atoms with Gasteiger partial charge in [-0.1, -0.05) is 55.1 Å². The van der Waals surface area contributed by atoms with Gasteiger partial charge in [0.05, 0.1) is 0 Å². The molecule has 1 heterocycles. The number of carbonyl (C=O) groups excluding carboxylic acids is 2. The van der Waals surface area contributed by atoms with Crippen molar-refractivity contribution in [1.82, 2.24) is 10.6 Å². The van der Waals surface area contributed by atoms with Crippen molar-refractivity contribution in [3.8, 4) is 0 Å². The van der Waals surface area contributed by atoms with Gasteiger partial charge in [0.25, 0.3) is 0 Å². The molecule has 2 N–H and O–H groups in total. The normalized spacial score (nSPS) is 18.0. The summed E-state index contributed by atoms with van der Waals surface area (Å²) in [7, 11) is 0. The molecule has 0 bridgehead atoms. The number of ketones is 1. The molecule has 1 saturated heterocycles. The zero-order chi connectivity index (χ0) is 19.2. The van der Waals surface area contributed by atoms with Crippen LogP contribution in [0.15, 0.2) is 66.7 Å². The number of hydrogen-bond acceptors (Lipinski definition) is 4. The Bertz CT molecular complexity index is 832. The molecule has 2 unspecified atom stereocenters. The van der Waals surface area contributed by atoms with Crippen LogP contribution in [0.4, 0.5) is 0 Å². The number of hydrogen-bond donors (Lipinski definition) is 2. The van der Waals surface area contributed by atoms with E-state index in [1.807, 2.05) is 54.6 Å². The largest absolute Gasteiger partial charge is 0.352 e. The van der Waals surface area contributed by atoms with Crippen LogP contribution >= 0.6 is 0 Å². The third-order valence-electron chi connectivity index (χ3n) is 4.38. The molecule has 0 spiro atoms. The molecule has 1 aliphatic rings. The molecule has 2 aromatic carbocycles. The van der Waals surface area contributed by atoms with E-state index >= 15 is 0 Å². The quantitative estimate of drug-likeness (QED) is 0.311. The molecule has 5 heteroatoms. The zero-order valence-electron chi connectivity index (χ0n) is 15.4. The molecule has 1 fully saturated rings. The highest BCUT2D eigenvalue weighted by molar-refractivity contribution is 6.09. The Morgan fingerprint density at radius 1 is 1.04 bits per heavy atom. The highest BCUT2D eigenvalue weighted by atomic mass is 16.6. The highest BCUT2D eigenvalue weighted by Crippen LogP contribution is 2.37. The molecular formula is C22H24N2O3. The Balaban J connectivity index is 1.47. The van der Waals surface area contributed by atoms with Gasteiger partial charge < -0.3 is 10.1 Å². The Morgan fingerprint density at radius 2 is 1.78 bits per heavy atom. The number of epoxide rings is 1. The van der Waals surface area contributed by atoms with Crippen molar-refractivity contribution < 1.29 is 14.3 Å². The van der Waals surface area contributed by atoms with Gasteiger partial charge in [-0.3, -0.25) is 14.9 Å². The van der Waals surface area contributed by atoms with Crippen LogP contribution in [0.3, 0.4) is 0 Å². The smallest absolute Gasteiger partial charge is 0.246 e. The first-order valence-corrected chi connectivity index (χ1v) is 9.08. The van der Waals surface area contributed by atoms with Gasteiger partial charge in [-0.15, -0.1) is 0 Å². The summed E-state index contributed by atoms with van der Waals surface area (Å²) < 4.78 is 5.69. The van der Waals surface area contributed by atoms with E-state index in [1.54, 1.807) is 6.92 Å². The van der Waals surface area contributed by atoms with Crippen LogP contribution in [0.25, 0.3) is 0 Å². The lowest BCUT2D eigenvalue weighted by Gasteiger charge is -2.05. The lowest BCUT2D eigenvalue weighted by Crippen LogP contribution is -2.28. The minimum atomic E-state index is -0.115. The first-order valence-electron chi connectivity index (χ1n) is 9.08. The van der Waals surface area contributed by atoms with Crippen LogP contribution < -0.4 is 10.6 Å². The van der Waals surface area contributed by atoms with Gasteiger partial charge in [-0.05, 0) is 31.5 Å². The number of rotatable bonds is 9. The van der Waals surface area contributed by atoms with Crippen molar-refractivity contribution in [3.63, 3.8) is 0 Å². The van der Waals surface area contributed by atoms with E-state index in [1.165, 1.54) is 0 Å². The fourth-order valence-corrected chi connectivity index (χ4v) is 2.82. The van der Waals surface area contributed by atoms with E-state index in [0.717, 1.165) is 18.5 Å². The number of ether oxygens (including phenoxy) is 1. The van der Waals surface area contributed by atoms with Gasteiger partial charge in [0.1, 0.15) is 12.3 Å². The first kappa shape index (κ1) is 19.0. The van der Waals surface area contributed by atoms with Gasteiger partial charge in [0, 0.05) is 23.2 Å². The molecule has 3 rings (SSSR count). The van der Waals surface area contributed by atoms with Crippen LogP contribution in [-0.4, -0.2) is 31.0 Å². The maximum Gasteiger partial charge on any atom is 0.246 e. The SMILES string of the molecule is C=C(C)C(=O)NCCCNC1OC1c1cccc(C(=O)c2ccccc2)c1. The Hall–Kier alpha value is -2.76. The average molecular weight is 364 g/mol. The second kappa shape index (κ2) is 8.75. The third kappa shape index (κ3) is 5.12. The van der Waals surface area contributed by atoms with Crippen LogP contribution in [0.5, 0.6) is 0 Å². The van der Waals surface area contributed by atoms with E-state index in [4.69, 9.17) is 4.74 Å². The summed E-state index contributed by atoms with van der Waals surface area (Å²) in [6.07, 6.45) is 0.709. The van der Waals surface area contributed by atoms with E-state index < -0.39 is 0 Å². The summed E-state index contributed by atoms with van der Waals surface area (Å²) >= 11 is 0. The van der Waals surface area contributed by atoms with Crippen LogP contribution in [0, 0.1) is 0 Å². The van der Waals surface area contributed by atoms with Crippen LogP contribution in [0.1, 0.15) is 40.9 Å². The molecule has 2 aromatic rings. The summed E-state index contributed by atoms with van der Waals surface area (Å²) in [5.41, 5.74) is 2.84. The van der Waals surface area contributed by atoms with Gasteiger partial charge in [-0.2, -0.15) is 0 Å². The predicted molar refractivity (Wildman–Crippen MR) is 104 cm³/mol.